The third kappa shape index (κ3) is 4.80. The SMILES string of the molecule is C[C@H]1OCc2c1c(N)nc1ccc(C(=O)N(Cc3ccc(C(F)(F)F)cn3)C(F)[C@H](O)C(F)F)cc21. The van der Waals surface area contributed by atoms with Gasteiger partial charge in [0.05, 0.1) is 36.0 Å². The Morgan fingerprint density at radius 3 is 2.58 bits per heavy atom. The standard InChI is InChI=1S/C23H20F6N4O3/c1-10-17-15(9-36-10)14-6-11(2-5-16(14)32-21(17)30)22(35)33(20(26)18(34)19(24)25)8-13-4-3-12(7-31-13)23(27,28)29/h2-7,10,18-20,34H,8-9H2,1H3,(H2,30,32)/t10-,18-,20?/m1/s1. The molecule has 3 atom stereocenters. The summed E-state index contributed by atoms with van der Waals surface area (Å²) in [5.41, 5.74) is 6.30. The summed E-state index contributed by atoms with van der Waals surface area (Å²) in [5, 5.41) is 10.1. The number of nitrogens with zero attached hydrogens (tertiary/aromatic N) is 3. The Morgan fingerprint density at radius 1 is 1.25 bits per heavy atom. The number of aliphatic hydroxyl groups excluding tert-OH is 1. The van der Waals surface area contributed by atoms with Crippen molar-refractivity contribution in [3.63, 3.8) is 0 Å². The zero-order chi connectivity index (χ0) is 26.4. The topological polar surface area (TPSA) is 102 Å². The molecule has 2 aromatic heterocycles. The van der Waals surface area contributed by atoms with Crippen molar-refractivity contribution >= 4 is 22.6 Å². The van der Waals surface area contributed by atoms with Crippen LogP contribution in [0.5, 0.6) is 0 Å². The molecular weight excluding hydrogens is 494 g/mol. The lowest BCUT2D eigenvalue weighted by molar-refractivity contribution is -0.137. The Bertz CT molecular complexity index is 1290. The third-order valence-corrected chi connectivity index (χ3v) is 5.88. The first-order valence-electron chi connectivity index (χ1n) is 10.7. The van der Waals surface area contributed by atoms with Gasteiger partial charge in [-0.05, 0) is 42.8 Å². The number of pyridine rings is 2. The van der Waals surface area contributed by atoms with Crippen molar-refractivity contribution in [2.45, 2.75) is 51.2 Å². The molecule has 1 aliphatic rings. The molecule has 192 valence electrons. The molecule has 1 aromatic carbocycles. The van der Waals surface area contributed by atoms with Gasteiger partial charge in [0.25, 0.3) is 12.3 Å². The number of carbonyl (C=O) groups is 1. The number of alkyl halides is 6. The van der Waals surface area contributed by atoms with Crippen molar-refractivity contribution in [1.82, 2.24) is 14.9 Å². The fourth-order valence-electron chi connectivity index (χ4n) is 4.00. The van der Waals surface area contributed by atoms with Crippen molar-refractivity contribution in [1.29, 1.82) is 0 Å². The van der Waals surface area contributed by atoms with E-state index in [0.29, 0.717) is 34.3 Å². The molecule has 4 rings (SSSR count). The lowest BCUT2D eigenvalue weighted by Gasteiger charge is -2.29. The Labute approximate surface area is 200 Å². The summed E-state index contributed by atoms with van der Waals surface area (Å²) < 4.78 is 85.1. The first-order valence-corrected chi connectivity index (χ1v) is 10.7. The molecule has 0 fully saturated rings. The number of aliphatic hydroxyl groups is 1. The molecule has 3 aromatic rings. The average molecular weight is 514 g/mol. The lowest BCUT2D eigenvalue weighted by Crippen LogP contribution is -2.46. The molecule has 1 unspecified atom stereocenters. The van der Waals surface area contributed by atoms with E-state index in [1.807, 2.05) is 0 Å². The van der Waals surface area contributed by atoms with Crippen LogP contribution in [0.15, 0.2) is 36.5 Å². The highest BCUT2D eigenvalue weighted by molar-refractivity contribution is 5.99. The molecule has 13 heteroatoms. The van der Waals surface area contributed by atoms with Crippen LogP contribution < -0.4 is 5.73 Å². The molecule has 0 radical (unpaired) electrons. The molecule has 0 saturated carbocycles. The van der Waals surface area contributed by atoms with Gasteiger partial charge in [0.1, 0.15) is 5.82 Å². The number of hydrogen-bond donors (Lipinski definition) is 2. The van der Waals surface area contributed by atoms with Crippen LogP contribution in [0.4, 0.5) is 32.2 Å². The van der Waals surface area contributed by atoms with Gasteiger partial charge in [-0.1, -0.05) is 0 Å². The van der Waals surface area contributed by atoms with Gasteiger partial charge in [0.15, 0.2) is 6.10 Å². The number of rotatable bonds is 6. The van der Waals surface area contributed by atoms with Crippen molar-refractivity contribution in [3.8, 4) is 0 Å². The van der Waals surface area contributed by atoms with Gasteiger partial charge in [-0.15, -0.1) is 0 Å². The predicted octanol–water partition coefficient (Wildman–Crippen LogP) is 4.39. The largest absolute Gasteiger partial charge is 0.417 e. The summed E-state index contributed by atoms with van der Waals surface area (Å²) in [4.78, 5) is 21.4. The fourth-order valence-corrected chi connectivity index (χ4v) is 4.00. The third-order valence-electron chi connectivity index (χ3n) is 5.88. The Morgan fingerprint density at radius 2 is 1.97 bits per heavy atom. The predicted molar refractivity (Wildman–Crippen MR) is 115 cm³/mol. The maximum absolute atomic E-state index is 15.0. The van der Waals surface area contributed by atoms with Gasteiger partial charge in [-0.2, -0.15) is 13.2 Å². The van der Waals surface area contributed by atoms with Crippen LogP contribution >= 0.6 is 0 Å². The molecule has 3 N–H and O–H groups in total. The van der Waals surface area contributed by atoms with Crippen LogP contribution in [0.3, 0.4) is 0 Å². The number of carbonyl (C=O) groups excluding carboxylic acids is 1. The van der Waals surface area contributed by atoms with E-state index >= 15 is 0 Å². The van der Waals surface area contributed by atoms with Crippen molar-refractivity contribution in [2.75, 3.05) is 5.73 Å². The number of hydrogen-bond acceptors (Lipinski definition) is 6. The minimum Gasteiger partial charge on any atom is -0.383 e. The first-order chi connectivity index (χ1) is 16.9. The summed E-state index contributed by atoms with van der Waals surface area (Å²) in [6, 6.07) is 5.64. The van der Waals surface area contributed by atoms with E-state index in [4.69, 9.17) is 10.5 Å². The minimum absolute atomic E-state index is 0.133. The van der Waals surface area contributed by atoms with Crippen molar-refractivity contribution < 1.29 is 41.0 Å². The normalized spacial score (nSPS) is 17.3. The van der Waals surface area contributed by atoms with Crippen LogP contribution in [0.25, 0.3) is 10.9 Å². The molecule has 1 amide bonds. The van der Waals surface area contributed by atoms with Gasteiger partial charge in [0, 0.05) is 22.7 Å². The highest BCUT2D eigenvalue weighted by Crippen LogP contribution is 2.38. The second-order valence-electron chi connectivity index (χ2n) is 8.24. The van der Waals surface area contributed by atoms with Gasteiger partial charge < -0.3 is 20.5 Å². The second-order valence-corrected chi connectivity index (χ2v) is 8.24. The maximum Gasteiger partial charge on any atom is 0.417 e. The van der Waals surface area contributed by atoms with E-state index in [1.54, 1.807) is 6.92 Å². The van der Waals surface area contributed by atoms with E-state index in [2.05, 4.69) is 9.97 Å². The second kappa shape index (κ2) is 9.54. The fraction of sp³-hybridized carbons (Fsp3) is 0.348. The summed E-state index contributed by atoms with van der Waals surface area (Å²) in [6.07, 6.45) is -13.8. The van der Waals surface area contributed by atoms with Crippen LogP contribution in [-0.4, -0.2) is 44.7 Å². The number of nitrogen functional groups attached to an aromatic ring is 1. The maximum atomic E-state index is 15.0. The van der Waals surface area contributed by atoms with Gasteiger partial charge in [-0.3, -0.25) is 9.78 Å². The first kappa shape index (κ1) is 25.6. The number of nitrogens with two attached hydrogens (primary N) is 1. The average Bonchev–Trinajstić information content (AvgIpc) is 3.23. The van der Waals surface area contributed by atoms with Gasteiger partial charge in [0.2, 0.25) is 6.30 Å². The van der Waals surface area contributed by atoms with E-state index in [1.165, 1.54) is 18.2 Å². The summed E-state index contributed by atoms with van der Waals surface area (Å²) in [5.74, 6) is -0.844. The van der Waals surface area contributed by atoms with E-state index in [-0.39, 0.29) is 34.7 Å². The van der Waals surface area contributed by atoms with E-state index in [9.17, 15) is 36.2 Å². The Hall–Kier alpha value is -3.45. The molecule has 0 saturated heterocycles. The monoisotopic (exact) mass is 514 g/mol. The molecular formula is C23H20F6N4O3. The number of amides is 1. The Balaban J connectivity index is 1.72. The molecule has 36 heavy (non-hydrogen) atoms. The molecule has 3 heterocycles. The molecule has 0 spiro atoms. The number of anilines is 1. The minimum atomic E-state index is -4.68. The molecule has 7 nitrogen and oxygen atoms in total. The van der Waals surface area contributed by atoms with Gasteiger partial charge in [-0.25, -0.2) is 18.2 Å². The van der Waals surface area contributed by atoms with Crippen LogP contribution in [0.2, 0.25) is 0 Å². The molecule has 0 aliphatic carbocycles. The quantitative estimate of drug-likeness (QED) is 0.374. The zero-order valence-electron chi connectivity index (χ0n) is 18.6. The lowest BCUT2D eigenvalue weighted by atomic mass is 10.00. The number of halogens is 6. The van der Waals surface area contributed by atoms with Crippen molar-refractivity contribution in [2.24, 2.45) is 0 Å². The zero-order valence-corrected chi connectivity index (χ0v) is 18.6. The van der Waals surface area contributed by atoms with E-state index in [0.717, 1.165) is 6.07 Å². The number of benzene rings is 1. The number of aromatic nitrogens is 2. The Kier molecular flexibility index (Phi) is 6.80. The highest BCUT2D eigenvalue weighted by atomic mass is 19.4. The molecule has 1 aliphatic heterocycles. The number of fused-ring (bicyclic) bond motifs is 3. The summed E-state index contributed by atoms with van der Waals surface area (Å²) >= 11 is 0. The van der Waals surface area contributed by atoms with Crippen LogP contribution in [0, 0.1) is 0 Å². The summed E-state index contributed by atoms with van der Waals surface area (Å²) in [7, 11) is 0. The van der Waals surface area contributed by atoms with E-state index < -0.39 is 43.0 Å². The smallest absolute Gasteiger partial charge is 0.383 e. The van der Waals surface area contributed by atoms with Crippen molar-refractivity contribution in [3.05, 3.63) is 64.5 Å². The summed E-state index contributed by atoms with van der Waals surface area (Å²) in [6.45, 7) is 1.16. The highest BCUT2D eigenvalue weighted by Gasteiger charge is 2.37. The van der Waals surface area contributed by atoms with Crippen LogP contribution in [0.1, 0.15) is 45.8 Å². The van der Waals surface area contributed by atoms with Gasteiger partial charge >= 0.3 is 6.18 Å². The number of ether oxygens (including phenoxy) is 1. The van der Waals surface area contributed by atoms with Crippen LogP contribution in [-0.2, 0) is 24.1 Å². The molecule has 0 bridgehead atoms.